The molecular weight excluding hydrogens is 214 g/mol. The molecular formula is C10H12ClN3O. The highest BCUT2D eigenvalue weighted by Crippen LogP contribution is 2.24. The molecule has 2 rings (SSSR count). The Morgan fingerprint density at radius 1 is 1.33 bits per heavy atom. The fourth-order valence-electron chi connectivity index (χ4n) is 1.38. The molecule has 80 valence electrons. The lowest BCUT2D eigenvalue weighted by Gasteiger charge is -2.06. The summed E-state index contributed by atoms with van der Waals surface area (Å²) in [7, 11) is 1.63. The molecule has 0 unspecified atom stereocenters. The number of hydrazine groups is 1. The summed E-state index contributed by atoms with van der Waals surface area (Å²) in [6.45, 7) is 0. The van der Waals surface area contributed by atoms with Crippen molar-refractivity contribution in [2.75, 3.05) is 12.5 Å². The molecule has 0 atom stereocenters. The van der Waals surface area contributed by atoms with E-state index in [1.165, 1.54) is 0 Å². The van der Waals surface area contributed by atoms with Gasteiger partial charge in [0.25, 0.3) is 0 Å². The summed E-state index contributed by atoms with van der Waals surface area (Å²) in [5.41, 5.74) is 4.36. The Morgan fingerprint density at radius 3 is 2.80 bits per heavy atom. The van der Waals surface area contributed by atoms with E-state index in [0.29, 0.717) is 0 Å². The van der Waals surface area contributed by atoms with Crippen molar-refractivity contribution in [1.29, 1.82) is 0 Å². The minimum absolute atomic E-state index is 0. The molecule has 15 heavy (non-hydrogen) atoms. The van der Waals surface area contributed by atoms with Gasteiger partial charge in [-0.25, -0.2) is 0 Å². The molecule has 1 aromatic heterocycles. The molecule has 5 heteroatoms. The first kappa shape index (κ1) is 11.6. The van der Waals surface area contributed by atoms with Crippen LogP contribution in [0.3, 0.4) is 0 Å². The Morgan fingerprint density at radius 2 is 2.13 bits per heavy atom. The third-order valence-corrected chi connectivity index (χ3v) is 2.10. The van der Waals surface area contributed by atoms with Gasteiger partial charge in [-0.15, -0.1) is 12.4 Å². The van der Waals surface area contributed by atoms with Gasteiger partial charge in [-0.3, -0.25) is 10.8 Å². The molecule has 0 radical (unpaired) electrons. The van der Waals surface area contributed by atoms with Crippen molar-refractivity contribution >= 4 is 29.0 Å². The number of anilines is 1. The largest absolute Gasteiger partial charge is 0.497 e. The monoisotopic (exact) mass is 225 g/mol. The van der Waals surface area contributed by atoms with Crippen LogP contribution in [0.4, 0.5) is 5.69 Å². The van der Waals surface area contributed by atoms with Crippen LogP contribution in [0.5, 0.6) is 5.75 Å². The zero-order valence-corrected chi connectivity index (χ0v) is 9.04. The number of nitrogens with two attached hydrogens (primary N) is 1. The van der Waals surface area contributed by atoms with Crippen LogP contribution in [0.25, 0.3) is 10.9 Å². The van der Waals surface area contributed by atoms with E-state index in [-0.39, 0.29) is 12.4 Å². The van der Waals surface area contributed by atoms with Gasteiger partial charge >= 0.3 is 0 Å². The first-order chi connectivity index (χ1) is 6.85. The molecule has 2 aromatic rings. The summed E-state index contributed by atoms with van der Waals surface area (Å²) < 4.78 is 5.13. The minimum Gasteiger partial charge on any atom is -0.497 e. The highest BCUT2D eigenvalue weighted by molar-refractivity contribution is 5.91. The predicted octanol–water partition coefficient (Wildman–Crippen LogP) is 1.95. The predicted molar refractivity (Wildman–Crippen MR) is 63.4 cm³/mol. The quantitative estimate of drug-likeness (QED) is 0.606. The minimum atomic E-state index is 0. The molecule has 0 spiro atoms. The van der Waals surface area contributed by atoms with Gasteiger partial charge in [0.1, 0.15) is 5.75 Å². The number of fused-ring (bicyclic) bond motifs is 1. The van der Waals surface area contributed by atoms with E-state index >= 15 is 0 Å². The highest BCUT2D eigenvalue weighted by atomic mass is 35.5. The number of aromatic nitrogens is 1. The topological polar surface area (TPSA) is 60.2 Å². The van der Waals surface area contributed by atoms with Crippen molar-refractivity contribution in [3.63, 3.8) is 0 Å². The van der Waals surface area contributed by atoms with Crippen LogP contribution in [0.2, 0.25) is 0 Å². The summed E-state index contributed by atoms with van der Waals surface area (Å²) in [6, 6.07) is 7.49. The summed E-state index contributed by atoms with van der Waals surface area (Å²) in [5.74, 6) is 6.18. The molecule has 4 nitrogen and oxygen atoms in total. The lowest BCUT2D eigenvalue weighted by atomic mass is 10.2. The first-order valence-corrected chi connectivity index (χ1v) is 4.24. The Bertz CT molecular complexity index is 461. The van der Waals surface area contributed by atoms with Gasteiger partial charge in [-0.1, -0.05) is 0 Å². The van der Waals surface area contributed by atoms with E-state index in [1.807, 2.05) is 24.3 Å². The van der Waals surface area contributed by atoms with E-state index < -0.39 is 0 Å². The van der Waals surface area contributed by atoms with E-state index in [9.17, 15) is 0 Å². The van der Waals surface area contributed by atoms with E-state index in [4.69, 9.17) is 10.6 Å². The van der Waals surface area contributed by atoms with Crippen molar-refractivity contribution in [3.05, 3.63) is 30.5 Å². The molecule has 0 bridgehead atoms. The average molecular weight is 226 g/mol. The number of nitrogens with one attached hydrogen (secondary N) is 1. The number of halogens is 1. The fraction of sp³-hybridized carbons (Fsp3) is 0.100. The van der Waals surface area contributed by atoms with Gasteiger partial charge in [0.15, 0.2) is 0 Å². The molecule has 1 heterocycles. The zero-order valence-electron chi connectivity index (χ0n) is 8.23. The van der Waals surface area contributed by atoms with Crippen LogP contribution < -0.4 is 16.0 Å². The maximum Gasteiger partial charge on any atom is 0.119 e. The van der Waals surface area contributed by atoms with Gasteiger partial charge in [0.05, 0.1) is 18.3 Å². The highest BCUT2D eigenvalue weighted by Gasteiger charge is 2.01. The first-order valence-electron chi connectivity index (χ1n) is 4.24. The van der Waals surface area contributed by atoms with Crippen LogP contribution in [-0.2, 0) is 0 Å². The van der Waals surface area contributed by atoms with Gasteiger partial charge in [-0.2, -0.15) is 0 Å². The van der Waals surface area contributed by atoms with Crippen LogP contribution in [0.1, 0.15) is 0 Å². The second-order valence-electron chi connectivity index (χ2n) is 2.89. The third-order valence-electron chi connectivity index (χ3n) is 2.10. The maximum absolute atomic E-state index is 5.39. The van der Waals surface area contributed by atoms with Crippen molar-refractivity contribution < 1.29 is 4.74 Å². The number of ether oxygens (including phenoxy) is 1. The summed E-state index contributed by atoms with van der Waals surface area (Å²) >= 11 is 0. The van der Waals surface area contributed by atoms with Crippen molar-refractivity contribution in [3.8, 4) is 5.75 Å². The number of methoxy groups -OCH3 is 1. The lowest BCUT2D eigenvalue weighted by molar-refractivity contribution is 0.415. The number of nitrogen functional groups attached to an aromatic ring is 1. The number of hydrogen-bond donors (Lipinski definition) is 2. The second kappa shape index (κ2) is 4.82. The number of pyridine rings is 1. The molecule has 0 aliphatic rings. The fourth-order valence-corrected chi connectivity index (χ4v) is 1.38. The van der Waals surface area contributed by atoms with Crippen LogP contribution in [0, 0.1) is 0 Å². The Kier molecular flexibility index (Phi) is 3.71. The Hall–Kier alpha value is -1.52. The van der Waals surface area contributed by atoms with Gasteiger partial charge in [0, 0.05) is 11.6 Å². The second-order valence-corrected chi connectivity index (χ2v) is 2.89. The molecule has 0 saturated heterocycles. The van der Waals surface area contributed by atoms with Gasteiger partial charge < -0.3 is 10.2 Å². The van der Waals surface area contributed by atoms with E-state index in [0.717, 1.165) is 22.3 Å². The molecule has 0 aliphatic carbocycles. The third kappa shape index (κ3) is 2.11. The number of rotatable bonds is 2. The summed E-state index contributed by atoms with van der Waals surface area (Å²) in [4.78, 5) is 4.21. The normalized spacial score (nSPS) is 9.47. The smallest absolute Gasteiger partial charge is 0.119 e. The van der Waals surface area contributed by atoms with E-state index in [1.54, 1.807) is 13.3 Å². The number of nitrogens with zero attached hydrogens (tertiary/aromatic N) is 1. The molecule has 0 saturated carbocycles. The molecule has 1 aromatic carbocycles. The molecule has 0 aliphatic heterocycles. The Balaban J connectivity index is 0.00000112. The van der Waals surface area contributed by atoms with Crippen LogP contribution in [0.15, 0.2) is 30.5 Å². The van der Waals surface area contributed by atoms with Gasteiger partial charge in [-0.05, 0) is 24.3 Å². The lowest BCUT2D eigenvalue weighted by Crippen LogP contribution is -2.07. The Labute approximate surface area is 93.8 Å². The SMILES string of the molecule is COc1ccc2nccc(NN)c2c1.Cl. The number of hydrogen-bond acceptors (Lipinski definition) is 4. The van der Waals surface area contributed by atoms with E-state index in [2.05, 4.69) is 10.4 Å². The summed E-state index contributed by atoms with van der Waals surface area (Å²) in [5, 5.41) is 0.953. The molecule has 0 amide bonds. The summed E-state index contributed by atoms with van der Waals surface area (Å²) in [6.07, 6.45) is 1.71. The zero-order chi connectivity index (χ0) is 9.97. The van der Waals surface area contributed by atoms with Gasteiger partial charge in [0.2, 0.25) is 0 Å². The van der Waals surface area contributed by atoms with Crippen molar-refractivity contribution in [2.45, 2.75) is 0 Å². The number of benzene rings is 1. The van der Waals surface area contributed by atoms with Crippen LogP contribution >= 0.6 is 12.4 Å². The molecule has 3 N–H and O–H groups in total. The maximum atomic E-state index is 5.39. The standard InChI is InChI=1S/C10H11N3O.ClH/c1-14-7-2-3-9-8(6-7)10(13-11)4-5-12-9;/h2-6H,11H2,1H3,(H,12,13);1H. The molecule has 0 fully saturated rings. The van der Waals surface area contributed by atoms with Crippen molar-refractivity contribution in [2.24, 2.45) is 5.84 Å². The van der Waals surface area contributed by atoms with Crippen molar-refractivity contribution in [1.82, 2.24) is 4.98 Å². The van der Waals surface area contributed by atoms with Crippen LogP contribution in [-0.4, -0.2) is 12.1 Å². The average Bonchev–Trinajstić information content (AvgIpc) is 2.27.